The van der Waals surface area contributed by atoms with Crippen LogP contribution in [0.5, 0.6) is 0 Å². The number of nitrogens with zero attached hydrogens (tertiary/aromatic N) is 1. The van der Waals surface area contributed by atoms with Gasteiger partial charge in [-0.2, -0.15) is 5.26 Å². The van der Waals surface area contributed by atoms with Crippen LogP contribution in [0.2, 0.25) is 5.02 Å². The highest BCUT2D eigenvalue weighted by atomic mass is 35.5. The molecule has 0 aromatic heterocycles. The standard InChI is InChI=1S/C14H9ClFN/c1-9-5-6-10(8-17)12(7-9)11-3-2-4-13(15)14(11)16/h2-7H,1H3. The van der Waals surface area contributed by atoms with Crippen LogP contribution in [0.15, 0.2) is 36.4 Å². The molecule has 2 aromatic carbocycles. The van der Waals surface area contributed by atoms with Gasteiger partial charge < -0.3 is 0 Å². The van der Waals surface area contributed by atoms with Gasteiger partial charge in [-0.25, -0.2) is 4.39 Å². The van der Waals surface area contributed by atoms with Crippen molar-refractivity contribution >= 4 is 11.6 Å². The fourth-order valence-electron chi connectivity index (χ4n) is 1.69. The van der Waals surface area contributed by atoms with Crippen molar-refractivity contribution in [1.82, 2.24) is 0 Å². The molecule has 0 atom stereocenters. The molecule has 0 unspecified atom stereocenters. The van der Waals surface area contributed by atoms with Crippen LogP contribution < -0.4 is 0 Å². The molecule has 0 N–H and O–H groups in total. The summed E-state index contributed by atoms with van der Waals surface area (Å²) in [5.74, 6) is -0.490. The van der Waals surface area contributed by atoms with E-state index in [-0.39, 0.29) is 5.02 Å². The van der Waals surface area contributed by atoms with Gasteiger partial charge in [0.25, 0.3) is 0 Å². The van der Waals surface area contributed by atoms with E-state index in [4.69, 9.17) is 16.9 Å². The van der Waals surface area contributed by atoms with Crippen LogP contribution in [-0.2, 0) is 0 Å². The Bertz CT molecular complexity index is 614. The Hall–Kier alpha value is -1.85. The van der Waals surface area contributed by atoms with E-state index in [1.54, 1.807) is 24.3 Å². The minimum Gasteiger partial charge on any atom is -0.205 e. The Balaban J connectivity index is 2.72. The highest BCUT2D eigenvalue weighted by Gasteiger charge is 2.12. The quantitative estimate of drug-likeness (QED) is 0.734. The number of hydrogen-bond acceptors (Lipinski definition) is 1. The zero-order chi connectivity index (χ0) is 12.4. The van der Waals surface area contributed by atoms with Crippen LogP contribution in [0.4, 0.5) is 4.39 Å². The lowest BCUT2D eigenvalue weighted by molar-refractivity contribution is 0.631. The van der Waals surface area contributed by atoms with Crippen molar-refractivity contribution in [1.29, 1.82) is 5.26 Å². The summed E-state index contributed by atoms with van der Waals surface area (Å²) >= 11 is 5.74. The molecule has 0 saturated carbocycles. The Morgan fingerprint density at radius 1 is 1.18 bits per heavy atom. The SMILES string of the molecule is Cc1ccc(C#N)c(-c2cccc(Cl)c2F)c1. The Labute approximate surface area is 104 Å². The lowest BCUT2D eigenvalue weighted by atomic mass is 9.98. The maximum Gasteiger partial charge on any atom is 0.149 e. The summed E-state index contributed by atoms with van der Waals surface area (Å²) in [7, 11) is 0. The molecular formula is C14H9ClFN. The summed E-state index contributed by atoms with van der Waals surface area (Å²) in [6.07, 6.45) is 0. The number of rotatable bonds is 1. The lowest BCUT2D eigenvalue weighted by Gasteiger charge is -2.07. The van der Waals surface area contributed by atoms with Crippen molar-refractivity contribution in [3.63, 3.8) is 0 Å². The number of halogens is 2. The van der Waals surface area contributed by atoms with E-state index in [1.807, 2.05) is 13.0 Å². The average molecular weight is 246 g/mol. The second-order valence-electron chi connectivity index (χ2n) is 3.76. The predicted octanol–water partition coefficient (Wildman–Crippen LogP) is 4.33. The molecule has 0 amide bonds. The molecule has 0 spiro atoms. The number of nitriles is 1. The molecule has 0 radical (unpaired) electrons. The van der Waals surface area contributed by atoms with Crippen LogP contribution in [0.25, 0.3) is 11.1 Å². The molecule has 0 aliphatic heterocycles. The first kappa shape index (κ1) is 11.6. The first-order valence-corrected chi connectivity index (χ1v) is 5.46. The maximum absolute atomic E-state index is 13.9. The summed E-state index contributed by atoms with van der Waals surface area (Å²) in [5, 5.41) is 9.09. The third-order valence-electron chi connectivity index (χ3n) is 2.54. The lowest BCUT2D eigenvalue weighted by Crippen LogP contribution is -1.90. The Morgan fingerprint density at radius 3 is 2.65 bits per heavy atom. The van der Waals surface area contributed by atoms with E-state index < -0.39 is 5.82 Å². The topological polar surface area (TPSA) is 23.8 Å². The number of benzene rings is 2. The van der Waals surface area contributed by atoms with Crippen molar-refractivity contribution in [3.05, 3.63) is 58.4 Å². The van der Waals surface area contributed by atoms with Crippen molar-refractivity contribution in [2.75, 3.05) is 0 Å². The summed E-state index contributed by atoms with van der Waals surface area (Å²) < 4.78 is 13.9. The van der Waals surface area contributed by atoms with Crippen LogP contribution in [0.1, 0.15) is 11.1 Å². The van der Waals surface area contributed by atoms with Gasteiger partial charge in [0, 0.05) is 11.1 Å². The molecule has 3 heteroatoms. The molecule has 0 aliphatic carbocycles. The summed E-state index contributed by atoms with van der Waals surface area (Å²) in [6.45, 7) is 1.90. The van der Waals surface area contributed by atoms with Crippen molar-refractivity contribution in [2.45, 2.75) is 6.92 Å². The molecule has 0 saturated heterocycles. The molecule has 0 heterocycles. The van der Waals surface area contributed by atoms with Crippen LogP contribution in [0.3, 0.4) is 0 Å². The first-order valence-electron chi connectivity index (χ1n) is 5.08. The van der Waals surface area contributed by atoms with Gasteiger partial charge in [0.05, 0.1) is 16.7 Å². The molecule has 0 aliphatic rings. The van der Waals surface area contributed by atoms with E-state index in [2.05, 4.69) is 6.07 Å². The number of aryl methyl sites for hydroxylation is 1. The average Bonchev–Trinajstić information content (AvgIpc) is 2.33. The molecule has 0 bridgehead atoms. The van der Waals surface area contributed by atoms with Gasteiger partial charge in [-0.05, 0) is 19.1 Å². The fraction of sp³-hybridized carbons (Fsp3) is 0.0714. The van der Waals surface area contributed by atoms with E-state index >= 15 is 0 Å². The van der Waals surface area contributed by atoms with Crippen molar-refractivity contribution < 1.29 is 4.39 Å². The van der Waals surface area contributed by atoms with E-state index in [1.165, 1.54) is 6.07 Å². The smallest absolute Gasteiger partial charge is 0.149 e. The molecule has 2 aromatic rings. The van der Waals surface area contributed by atoms with Gasteiger partial charge in [0.15, 0.2) is 0 Å². The van der Waals surface area contributed by atoms with E-state index in [9.17, 15) is 4.39 Å². The normalized spacial score (nSPS) is 10.0. The minimum absolute atomic E-state index is 0.0629. The highest BCUT2D eigenvalue weighted by molar-refractivity contribution is 6.31. The van der Waals surface area contributed by atoms with Gasteiger partial charge >= 0.3 is 0 Å². The predicted molar refractivity (Wildman–Crippen MR) is 66.3 cm³/mol. The van der Waals surface area contributed by atoms with Crippen molar-refractivity contribution in [3.8, 4) is 17.2 Å². The largest absolute Gasteiger partial charge is 0.205 e. The van der Waals surface area contributed by atoms with E-state index in [0.717, 1.165) is 5.56 Å². The van der Waals surface area contributed by atoms with Crippen molar-refractivity contribution in [2.24, 2.45) is 0 Å². The van der Waals surface area contributed by atoms with E-state index in [0.29, 0.717) is 16.7 Å². The molecule has 2 rings (SSSR count). The van der Waals surface area contributed by atoms with Crippen LogP contribution >= 0.6 is 11.6 Å². The molecule has 84 valence electrons. The molecule has 1 nitrogen and oxygen atoms in total. The number of hydrogen-bond donors (Lipinski definition) is 0. The summed E-state index contributed by atoms with van der Waals surface area (Å²) in [6, 6.07) is 12.1. The third kappa shape index (κ3) is 2.15. The molecule has 17 heavy (non-hydrogen) atoms. The van der Waals surface area contributed by atoms with Gasteiger partial charge in [0.1, 0.15) is 5.82 Å². The van der Waals surface area contributed by atoms with Crippen LogP contribution in [0, 0.1) is 24.1 Å². The minimum atomic E-state index is -0.490. The van der Waals surface area contributed by atoms with Gasteiger partial charge in [-0.1, -0.05) is 41.4 Å². The molecule has 0 fully saturated rings. The second-order valence-corrected chi connectivity index (χ2v) is 4.17. The Kier molecular flexibility index (Phi) is 3.12. The van der Waals surface area contributed by atoms with Gasteiger partial charge in [-0.15, -0.1) is 0 Å². The zero-order valence-corrected chi connectivity index (χ0v) is 9.92. The Morgan fingerprint density at radius 2 is 1.94 bits per heavy atom. The highest BCUT2D eigenvalue weighted by Crippen LogP contribution is 2.30. The van der Waals surface area contributed by atoms with Gasteiger partial charge in [0.2, 0.25) is 0 Å². The molecular weight excluding hydrogens is 237 g/mol. The first-order chi connectivity index (χ1) is 8.13. The zero-order valence-electron chi connectivity index (χ0n) is 9.17. The van der Waals surface area contributed by atoms with Gasteiger partial charge in [-0.3, -0.25) is 0 Å². The third-order valence-corrected chi connectivity index (χ3v) is 2.83. The fourth-order valence-corrected chi connectivity index (χ4v) is 1.86. The monoisotopic (exact) mass is 245 g/mol. The summed E-state index contributed by atoms with van der Waals surface area (Å²) in [4.78, 5) is 0. The summed E-state index contributed by atoms with van der Waals surface area (Å²) in [5.41, 5.74) is 2.35. The van der Waals surface area contributed by atoms with Crippen LogP contribution in [-0.4, -0.2) is 0 Å². The second kappa shape index (κ2) is 4.57. The maximum atomic E-state index is 13.9.